The Labute approximate surface area is 144 Å². The summed E-state index contributed by atoms with van der Waals surface area (Å²) in [6.07, 6.45) is 2.74. The summed E-state index contributed by atoms with van der Waals surface area (Å²) in [5, 5.41) is 22.2. The Morgan fingerprint density at radius 3 is 2.67 bits per heavy atom. The largest absolute Gasteiger partial charge is 0.480 e. The lowest BCUT2D eigenvalue weighted by Gasteiger charge is -2.35. The van der Waals surface area contributed by atoms with Gasteiger partial charge in [0.15, 0.2) is 0 Å². The molecule has 0 spiro atoms. The Balaban J connectivity index is 2.19. The molecule has 7 nitrogen and oxygen atoms in total. The standard InChI is InChI=1S/C16H30BN3O4/c1-10(2)12(18)14(21)20-8-6-16(5-4-7-17(3)24)11(20)9-19-13(16)15(22)23/h10-13,19,24H,4-9,18H2,1-3H3,(H,22,23)/t11-,12-,13+,16-/m0/s1. The van der Waals surface area contributed by atoms with Crippen molar-refractivity contribution >= 4 is 18.8 Å². The van der Waals surface area contributed by atoms with E-state index in [0.717, 1.165) is 6.42 Å². The van der Waals surface area contributed by atoms with Gasteiger partial charge in [-0.1, -0.05) is 27.1 Å². The van der Waals surface area contributed by atoms with Gasteiger partial charge in [-0.15, -0.1) is 0 Å². The number of carbonyl (C=O) groups is 2. The van der Waals surface area contributed by atoms with Crippen LogP contribution in [-0.2, 0) is 9.59 Å². The third-order valence-electron chi connectivity index (χ3n) is 5.75. The average Bonchev–Trinajstić information content (AvgIpc) is 3.01. The number of nitrogens with two attached hydrogens (primary N) is 1. The molecule has 1 amide bonds. The number of fused-ring (bicyclic) bond motifs is 1. The van der Waals surface area contributed by atoms with Gasteiger partial charge in [0.25, 0.3) is 6.92 Å². The van der Waals surface area contributed by atoms with Crippen molar-refractivity contribution < 1.29 is 19.7 Å². The number of hydrogen-bond acceptors (Lipinski definition) is 5. The SMILES string of the molecule is CB(O)CCC[C@]12CCN(C(=O)[C@@H](N)C(C)C)[C@H]1CN[C@@H]2C(=O)O. The van der Waals surface area contributed by atoms with Crippen molar-refractivity contribution in [3.63, 3.8) is 0 Å². The smallest absolute Gasteiger partial charge is 0.321 e. The van der Waals surface area contributed by atoms with Crippen molar-refractivity contribution in [3.8, 4) is 0 Å². The Bertz CT molecular complexity index is 488. The van der Waals surface area contributed by atoms with E-state index in [1.165, 1.54) is 0 Å². The predicted molar refractivity (Wildman–Crippen MR) is 92.7 cm³/mol. The first-order valence-corrected chi connectivity index (χ1v) is 8.91. The number of aliphatic carboxylic acids is 1. The van der Waals surface area contributed by atoms with Gasteiger partial charge >= 0.3 is 5.97 Å². The summed E-state index contributed by atoms with van der Waals surface area (Å²) in [5.74, 6) is -0.899. The molecule has 0 aromatic heterocycles. The fraction of sp³-hybridized carbons (Fsp3) is 0.875. The molecule has 0 radical (unpaired) electrons. The lowest BCUT2D eigenvalue weighted by Crippen LogP contribution is -2.51. The molecule has 8 heteroatoms. The molecular formula is C16H30BN3O4. The molecule has 2 aliphatic heterocycles. The summed E-state index contributed by atoms with van der Waals surface area (Å²) in [4.78, 5) is 26.2. The molecule has 0 aromatic rings. The van der Waals surface area contributed by atoms with E-state index < -0.39 is 30.4 Å². The Morgan fingerprint density at radius 1 is 1.46 bits per heavy atom. The molecule has 5 N–H and O–H groups in total. The van der Waals surface area contributed by atoms with Crippen molar-refractivity contribution in [2.75, 3.05) is 13.1 Å². The van der Waals surface area contributed by atoms with Gasteiger partial charge in [-0.2, -0.15) is 0 Å². The number of hydrogen-bond donors (Lipinski definition) is 4. The maximum absolute atomic E-state index is 12.7. The second kappa shape index (κ2) is 7.41. The van der Waals surface area contributed by atoms with Crippen LogP contribution in [0.5, 0.6) is 0 Å². The van der Waals surface area contributed by atoms with Crippen molar-refractivity contribution in [2.45, 2.75) is 64.4 Å². The number of likely N-dealkylation sites (tertiary alicyclic amines) is 1. The van der Waals surface area contributed by atoms with Crippen molar-refractivity contribution in [1.29, 1.82) is 0 Å². The summed E-state index contributed by atoms with van der Waals surface area (Å²) in [6, 6.07) is -1.34. The van der Waals surface area contributed by atoms with Crippen molar-refractivity contribution in [1.82, 2.24) is 10.2 Å². The lowest BCUT2D eigenvalue weighted by atomic mass is 9.64. The highest BCUT2D eigenvalue weighted by Gasteiger charge is 2.59. The molecule has 136 valence electrons. The van der Waals surface area contributed by atoms with E-state index in [4.69, 9.17) is 5.73 Å². The van der Waals surface area contributed by atoms with Crippen LogP contribution in [0.2, 0.25) is 13.1 Å². The second-order valence-electron chi connectivity index (χ2n) is 7.72. The van der Waals surface area contributed by atoms with Crippen LogP contribution in [0.1, 0.15) is 33.1 Å². The van der Waals surface area contributed by atoms with E-state index in [0.29, 0.717) is 32.3 Å². The Kier molecular flexibility index (Phi) is 5.93. The number of nitrogens with one attached hydrogen (secondary N) is 1. The third-order valence-corrected chi connectivity index (χ3v) is 5.75. The molecule has 2 saturated heterocycles. The molecule has 2 fully saturated rings. The highest BCUT2D eigenvalue weighted by Crippen LogP contribution is 2.47. The zero-order valence-electron chi connectivity index (χ0n) is 14.9. The minimum Gasteiger partial charge on any atom is -0.480 e. The van der Waals surface area contributed by atoms with E-state index in [-0.39, 0.29) is 17.9 Å². The minimum absolute atomic E-state index is 0.0485. The summed E-state index contributed by atoms with van der Waals surface area (Å²) >= 11 is 0. The predicted octanol–water partition coefficient (Wildman–Crippen LogP) is 0.00720. The van der Waals surface area contributed by atoms with Gasteiger partial charge in [-0.3, -0.25) is 9.59 Å². The molecule has 24 heavy (non-hydrogen) atoms. The van der Waals surface area contributed by atoms with Gasteiger partial charge in [0.05, 0.1) is 12.1 Å². The fourth-order valence-corrected chi connectivity index (χ4v) is 4.28. The van der Waals surface area contributed by atoms with Crippen LogP contribution in [0, 0.1) is 11.3 Å². The van der Waals surface area contributed by atoms with E-state index in [1.54, 1.807) is 11.7 Å². The van der Waals surface area contributed by atoms with E-state index in [1.807, 2.05) is 13.8 Å². The molecule has 0 saturated carbocycles. The van der Waals surface area contributed by atoms with Crippen LogP contribution in [-0.4, -0.2) is 65.0 Å². The van der Waals surface area contributed by atoms with Crippen LogP contribution >= 0.6 is 0 Å². The van der Waals surface area contributed by atoms with Gasteiger partial charge in [0.1, 0.15) is 6.04 Å². The molecule has 0 bridgehead atoms. The number of carboxylic acids is 1. The highest BCUT2D eigenvalue weighted by atomic mass is 16.4. The average molecular weight is 339 g/mol. The minimum atomic E-state index is -0.864. The zero-order valence-corrected chi connectivity index (χ0v) is 14.9. The van der Waals surface area contributed by atoms with Gasteiger partial charge in [-0.05, 0) is 25.1 Å². The third kappa shape index (κ3) is 3.46. The zero-order chi connectivity index (χ0) is 18.1. The quantitative estimate of drug-likeness (QED) is 0.486. The molecule has 2 heterocycles. The first-order valence-electron chi connectivity index (χ1n) is 8.91. The maximum Gasteiger partial charge on any atom is 0.321 e. The Hall–Kier alpha value is -1.12. The van der Waals surface area contributed by atoms with E-state index in [9.17, 15) is 19.7 Å². The molecule has 0 unspecified atom stereocenters. The van der Waals surface area contributed by atoms with Gasteiger partial charge in [0, 0.05) is 18.5 Å². The molecule has 4 atom stereocenters. The monoisotopic (exact) mass is 339 g/mol. The van der Waals surface area contributed by atoms with Crippen LogP contribution in [0.25, 0.3) is 0 Å². The van der Waals surface area contributed by atoms with Gasteiger partial charge in [-0.25, -0.2) is 0 Å². The van der Waals surface area contributed by atoms with Crippen LogP contribution in [0.15, 0.2) is 0 Å². The summed E-state index contributed by atoms with van der Waals surface area (Å²) < 4.78 is 0. The highest BCUT2D eigenvalue weighted by molar-refractivity contribution is 6.48. The molecule has 0 aliphatic carbocycles. The first kappa shape index (κ1) is 19.2. The summed E-state index contributed by atoms with van der Waals surface area (Å²) in [7, 11) is 0. The van der Waals surface area contributed by atoms with Crippen molar-refractivity contribution in [3.05, 3.63) is 0 Å². The van der Waals surface area contributed by atoms with Crippen LogP contribution in [0.3, 0.4) is 0 Å². The van der Waals surface area contributed by atoms with Crippen molar-refractivity contribution in [2.24, 2.45) is 17.1 Å². The van der Waals surface area contributed by atoms with Crippen LogP contribution in [0.4, 0.5) is 0 Å². The van der Waals surface area contributed by atoms with E-state index >= 15 is 0 Å². The summed E-state index contributed by atoms with van der Waals surface area (Å²) in [6.45, 7) is 6.23. The fourth-order valence-electron chi connectivity index (χ4n) is 4.28. The van der Waals surface area contributed by atoms with Crippen LogP contribution < -0.4 is 11.1 Å². The number of amides is 1. The number of carbonyl (C=O) groups excluding carboxylic acids is 1. The molecular weight excluding hydrogens is 309 g/mol. The van der Waals surface area contributed by atoms with E-state index in [2.05, 4.69) is 5.32 Å². The molecule has 0 aromatic carbocycles. The number of nitrogens with zero attached hydrogens (tertiary/aromatic N) is 1. The lowest BCUT2D eigenvalue weighted by molar-refractivity contribution is -0.143. The Morgan fingerprint density at radius 2 is 2.12 bits per heavy atom. The second-order valence-corrected chi connectivity index (χ2v) is 7.72. The topological polar surface area (TPSA) is 116 Å². The van der Waals surface area contributed by atoms with Gasteiger partial charge in [0.2, 0.25) is 5.91 Å². The summed E-state index contributed by atoms with van der Waals surface area (Å²) in [5.41, 5.74) is 5.57. The number of carboxylic acid groups (broad SMARTS) is 1. The normalized spacial score (nSPS) is 30.5. The number of rotatable bonds is 7. The first-order chi connectivity index (χ1) is 11.2. The van der Waals surface area contributed by atoms with Gasteiger partial charge < -0.3 is 26.1 Å². The molecule has 2 rings (SSSR count). The molecule has 2 aliphatic rings. The maximum atomic E-state index is 12.7.